The summed E-state index contributed by atoms with van der Waals surface area (Å²) in [6.45, 7) is 4.27. The van der Waals surface area contributed by atoms with E-state index in [1.54, 1.807) is 12.1 Å². The highest BCUT2D eigenvalue weighted by atomic mass is 19.1. The van der Waals surface area contributed by atoms with Crippen LogP contribution in [0.25, 0.3) is 0 Å². The van der Waals surface area contributed by atoms with E-state index in [0.29, 0.717) is 11.3 Å². The molecule has 0 aromatic heterocycles. The van der Waals surface area contributed by atoms with Crippen LogP contribution in [0.4, 0.5) is 4.39 Å². The summed E-state index contributed by atoms with van der Waals surface area (Å²) >= 11 is 0. The number of ether oxygens (including phenoxy) is 1. The Morgan fingerprint density at radius 3 is 2.53 bits per heavy atom. The van der Waals surface area contributed by atoms with Gasteiger partial charge in [0.15, 0.2) is 0 Å². The minimum absolute atomic E-state index is 0.136. The van der Waals surface area contributed by atoms with Gasteiger partial charge < -0.3 is 10.5 Å². The predicted molar refractivity (Wildman–Crippen MR) is 59.3 cm³/mol. The molecule has 0 heterocycles. The van der Waals surface area contributed by atoms with Gasteiger partial charge in [-0.1, -0.05) is 19.9 Å². The smallest absolute Gasteiger partial charge is 0.131 e. The average molecular weight is 211 g/mol. The van der Waals surface area contributed by atoms with Crippen molar-refractivity contribution in [2.45, 2.75) is 39.3 Å². The van der Waals surface area contributed by atoms with E-state index in [1.165, 1.54) is 6.07 Å². The van der Waals surface area contributed by atoms with E-state index in [0.717, 1.165) is 12.8 Å². The van der Waals surface area contributed by atoms with Crippen LogP contribution in [0.5, 0.6) is 5.75 Å². The van der Waals surface area contributed by atoms with E-state index >= 15 is 0 Å². The lowest BCUT2D eigenvalue weighted by Gasteiger charge is -2.18. The fourth-order valence-electron chi connectivity index (χ4n) is 1.48. The van der Waals surface area contributed by atoms with Crippen LogP contribution in [0.1, 0.15) is 32.3 Å². The van der Waals surface area contributed by atoms with E-state index in [2.05, 4.69) is 13.8 Å². The first-order valence-corrected chi connectivity index (χ1v) is 5.37. The van der Waals surface area contributed by atoms with Crippen LogP contribution < -0.4 is 10.5 Å². The molecule has 0 saturated carbocycles. The van der Waals surface area contributed by atoms with Crippen LogP contribution in [0, 0.1) is 5.82 Å². The Morgan fingerprint density at radius 2 is 2.00 bits per heavy atom. The average Bonchev–Trinajstić information content (AvgIpc) is 2.26. The normalized spacial score (nSPS) is 10.7. The van der Waals surface area contributed by atoms with Crippen molar-refractivity contribution in [3.8, 4) is 5.75 Å². The Balaban J connectivity index is 2.88. The zero-order valence-electron chi connectivity index (χ0n) is 9.29. The van der Waals surface area contributed by atoms with E-state index in [1.807, 2.05) is 0 Å². The minimum Gasteiger partial charge on any atom is -0.490 e. The number of hydrogen-bond donors (Lipinski definition) is 1. The maximum absolute atomic E-state index is 13.3. The molecule has 2 nitrogen and oxygen atoms in total. The summed E-state index contributed by atoms with van der Waals surface area (Å²) in [6.07, 6.45) is 1.96. The summed E-state index contributed by atoms with van der Waals surface area (Å²) in [5.74, 6) is 0.284. The lowest BCUT2D eigenvalue weighted by Crippen LogP contribution is -2.16. The Kier molecular flexibility index (Phi) is 4.56. The summed E-state index contributed by atoms with van der Waals surface area (Å²) < 4.78 is 19.0. The maximum Gasteiger partial charge on any atom is 0.131 e. The highest BCUT2D eigenvalue weighted by molar-refractivity contribution is 5.34. The first-order chi connectivity index (χ1) is 7.22. The van der Waals surface area contributed by atoms with Crippen LogP contribution in [-0.2, 0) is 6.54 Å². The molecule has 0 radical (unpaired) electrons. The third kappa shape index (κ3) is 2.93. The van der Waals surface area contributed by atoms with Gasteiger partial charge in [-0.2, -0.15) is 0 Å². The highest BCUT2D eigenvalue weighted by Gasteiger charge is 2.11. The molecule has 0 aliphatic heterocycles. The maximum atomic E-state index is 13.3. The number of hydrogen-bond acceptors (Lipinski definition) is 2. The van der Waals surface area contributed by atoms with Crippen LogP contribution in [0.15, 0.2) is 18.2 Å². The van der Waals surface area contributed by atoms with E-state index in [4.69, 9.17) is 10.5 Å². The molecule has 1 aromatic rings. The predicted octanol–water partition coefficient (Wildman–Crippen LogP) is 2.85. The summed E-state index contributed by atoms with van der Waals surface area (Å²) in [6, 6.07) is 4.82. The molecule has 0 spiro atoms. The summed E-state index contributed by atoms with van der Waals surface area (Å²) in [4.78, 5) is 0. The molecule has 0 amide bonds. The molecule has 84 valence electrons. The van der Waals surface area contributed by atoms with Crippen LogP contribution in [-0.4, -0.2) is 6.10 Å². The quantitative estimate of drug-likeness (QED) is 0.812. The molecule has 1 rings (SSSR count). The number of nitrogens with two attached hydrogens (primary N) is 1. The molecule has 0 aliphatic carbocycles. The Labute approximate surface area is 90.2 Å². The number of rotatable bonds is 5. The molecule has 0 unspecified atom stereocenters. The molecule has 0 aliphatic rings. The van der Waals surface area contributed by atoms with Gasteiger partial charge in [-0.05, 0) is 25.0 Å². The van der Waals surface area contributed by atoms with Crippen molar-refractivity contribution in [1.29, 1.82) is 0 Å². The first kappa shape index (κ1) is 12.0. The molecule has 0 bridgehead atoms. The third-order valence-corrected chi connectivity index (χ3v) is 2.48. The van der Waals surface area contributed by atoms with Gasteiger partial charge in [0.2, 0.25) is 0 Å². The number of halogens is 1. The van der Waals surface area contributed by atoms with Gasteiger partial charge in [0, 0.05) is 12.1 Å². The fourth-order valence-corrected chi connectivity index (χ4v) is 1.48. The van der Waals surface area contributed by atoms with Gasteiger partial charge in [0.1, 0.15) is 11.6 Å². The molecule has 0 fully saturated rings. The fraction of sp³-hybridized carbons (Fsp3) is 0.500. The van der Waals surface area contributed by atoms with E-state index < -0.39 is 0 Å². The van der Waals surface area contributed by atoms with Gasteiger partial charge in [-0.25, -0.2) is 4.39 Å². The SMILES string of the molecule is CCC(CC)Oc1cccc(F)c1CN. The van der Waals surface area contributed by atoms with Crippen LogP contribution >= 0.6 is 0 Å². The monoisotopic (exact) mass is 211 g/mol. The van der Waals surface area contributed by atoms with Crippen molar-refractivity contribution in [1.82, 2.24) is 0 Å². The van der Waals surface area contributed by atoms with Gasteiger partial charge >= 0.3 is 0 Å². The molecular formula is C12H18FNO. The van der Waals surface area contributed by atoms with Crippen LogP contribution in [0.3, 0.4) is 0 Å². The molecule has 0 atom stereocenters. The number of benzene rings is 1. The van der Waals surface area contributed by atoms with Gasteiger partial charge in [-0.3, -0.25) is 0 Å². The highest BCUT2D eigenvalue weighted by Crippen LogP contribution is 2.23. The molecule has 1 aromatic carbocycles. The second kappa shape index (κ2) is 5.71. The molecular weight excluding hydrogens is 193 g/mol. The van der Waals surface area contributed by atoms with Crippen molar-refractivity contribution in [2.24, 2.45) is 5.73 Å². The largest absolute Gasteiger partial charge is 0.490 e. The molecule has 2 N–H and O–H groups in total. The van der Waals surface area contributed by atoms with Crippen LogP contribution in [0.2, 0.25) is 0 Å². The van der Waals surface area contributed by atoms with Crippen molar-refractivity contribution in [2.75, 3.05) is 0 Å². The minimum atomic E-state index is -0.291. The standard InChI is InChI=1S/C12H18FNO/c1-3-9(4-2)15-12-7-5-6-11(13)10(12)8-14/h5-7,9H,3-4,8,14H2,1-2H3. The Hall–Kier alpha value is -1.09. The second-order valence-corrected chi connectivity index (χ2v) is 3.48. The zero-order valence-corrected chi connectivity index (χ0v) is 9.29. The summed E-state index contributed by atoms with van der Waals surface area (Å²) in [5, 5.41) is 0. The van der Waals surface area contributed by atoms with Crippen molar-refractivity contribution in [3.63, 3.8) is 0 Å². The molecule has 0 saturated heterocycles. The molecule has 15 heavy (non-hydrogen) atoms. The topological polar surface area (TPSA) is 35.2 Å². The zero-order chi connectivity index (χ0) is 11.3. The molecule has 3 heteroatoms. The van der Waals surface area contributed by atoms with Gasteiger partial charge in [0.25, 0.3) is 0 Å². The summed E-state index contributed by atoms with van der Waals surface area (Å²) in [5.41, 5.74) is 5.95. The van der Waals surface area contributed by atoms with Gasteiger partial charge in [-0.15, -0.1) is 0 Å². The van der Waals surface area contributed by atoms with E-state index in [9.17, 15) is 4.39 Å². The Morgan fingerprint density at radius 1 is 1.33 bits per heavy atom. The summed E-state index contributed by atoms with van der Waals surface area (Å²) in [7, 11) is 0. The van der Waals surface area contributed by atoms with Crippen molar-refractivity contribution in [3.05, 3.63) is 29.6 Å². The third-order valence-electron chi connectivity index (χ3n) is 2.48. The van der Waals surface area contributed by atoms with E-state index in [-0.39, 0.29) is 18.5 Å². The van der Waals surface area contributed by atoms with Gasteiger partial charge in [0.05, 0.1) is 6.10 Å². The Bertz CT molecular complexity index is 310. The first-order valence-electron chi connectivity index (χ1n) is 5.37. The lowest BCUT2D eigenvalue weighted by atomic mass is 10.1. The van der Waals surface area contributed by atoms with Crippen molar-refractivity contribution < 1.29 is 9.13 Å². The lowest BCUT2D eigenvalue weighted by molar-refractivity contribution is 0.190. The second-order valence-electron chi connectivity index (χ2n) is 3.48. The van der Waals surface area contributed by atoms with Crippen molar-refractivity contribution >= 4 is 0 Å².